The Bertz CT molecular complexity index is 506. The Morgan fingerprint density at radius 3 is 2.56 bits per heavy atom. The summed E-state index contributed by atoms with van der Waals surface area (Å²) < 4.78 is 15.3. The van der Waals surface area contributed by atoms with Crippen molar-refractivity contribution in [2.75, 3.05) is 13.2 Å². The number of aliphatic hydroxyl groups is 5. The molecule has 9 nitrogen and oxygen atoms in total. The summed E-state index contributed by atoms with van der Waals surface area (Å²) >= 11 is 0. The Labute approximate surface area is 144 Å². The van der Waals surface area contributed by atoms with Gasteiger partial charge >= 0.3 is 5.97 Å². The summed E-state index contributed by atoms with van der Waals surface area (Å²) in [5.41, 5.74) is 0.174. The zero-order valence-electron chi connectivity index (χ0n) is 13.6. The molecular weight excluding hydrogens is 336 g/mol. The molecule has 9 heteroatoms. The minimum Gasteiger partial charge on any atom is -0.462 e. The van der Waals surface area contributed by atoms with Gasteiger partial charge in [0.1, 0.15) is 24.4 Å². The molecule has 0 radical (unpaired) electrons. The fourth-order valence-corrected chi connectivity index (χ4v) is 3.01. The van der Waals surface area contributed by atoms with Crippen LogP contribution in [0.3, 0.4) is 0 Å². The van der Waals surface area contributed by atoms with Crippen molar-refractivity contribution in [2.45, 2.75) is 43.4 Å². The van der Waals surface area contributed by atoms with Gasteiger partial charge in [0.15, 0.2) is 12.6 Å². The van der Waals surface area contributed by atoms with Gasteiger partial charge in [-0.25, -0.2) is 4.79 Å². The van der Waals surface area contributed by atoms with Gasteiger partial charge < -0.3 is 39.7 Å². The first-order valence-electron chi connectivity index (χ1n) is 7.94. The summed E-state index contributed by atoms with van der Waals surface area (Å²) in [6.07, 6.45) is -7.16. The van der Waals surface area contributed by atoms with E-state index >= 15 is 0 Å². The van der Waals surface area contributed by atoms with E-state index in [4.69, 9.17) is 19.3 Å². The van der Waals surface area contributed by atoms with Crippen molar-refractivity contribution in [1.82, 2.24) is 0 Å². The number of esters is 1. The first-order valence-corrected chi connectivity index (χ1v) is 7.94. The average Bonchev–Trinajstić information content (AvgIpc) is 2.59. The van der Waals surface area contributed by atoms with E-state index in [0.717, 1.165) is 0 Å². The second-order valence-corrected chi connectivity index (χ2v) is 6.09. The molecule has 142 valence electrons. The molecule has 2 rings (SSSR count). The Morgan fingerprint density at radius 1 is 1.28 bits per heavy atom. The highest BCUT2D eigenvalue weighted by molar-refractivity contribution is 5.89. The second-order valence-electron chi connectivity index (χ2n) is 6.09. The number of aliphatic hydroxyl groups excluding tert-OH is 5. The van der Waals surface area contributed by atoms with E-state index in [2.05, 4.69) is 13.2 Å². The molecule has 8 atom stereocenters. The molecule has 0 bridgehead atoms. The number of rotatable bonds is 6. The topological polar surface area (TPSA) is 146 Å². The summed E-state index contributed by atoms with van der Waals surface area (Å²) in [6, 6.07) is 0. The number of ether oxygens (including phenoxy) is 3. The number of hydrogen-bond acceptors (Lipinski definition) is 9. The van der Waals surface area contributed by atoms with Crippen LogP contribution in [0.5, 0.6) is 0 Å². The largest absolute Gasteiger partial charge is 0.462 e. The number of hydrogen-bond donors (Lipinski definition) is 5. The molecule has 2 fully saturated rings. The zero-order valence-corrected chi connectivity index (χ0v) is 13.6. The first-order chi connectivity index (χ1) is 11.8. The minimum absolute atomic E-state index is 0.166. The van der Waals surface area contributed by atoms with Gasteiger partial charge in [-0.15, -0.1) is 6.58 Å². The Hall–Kier alpha value is -1.33. The number of carbonyl (C=O) groups excluding carboxylic acids is 1. The molecule has 2 aliphatic rings. The lowest BCUT2D eigenvalue weighted by Gasteiger charge is -2.41. The van der Waals surface area contributed by atoms with Gasteiger partial charge in [-0.2, -0.15) is 0 Å². The maximum Gasteiger partial charge on any atom is 0.333 e. The van der Waals surface area contributed by atoms with Gasteiger partial charge in [0.05, 0.1) is 13.2 Å². The van der Waals surface area contributed by atoms with E-state index in [-0.39, 0.29) is 12.2 Å². The van der Waals surface area contributed by atoms with Crippen LogP contribution >= 0.6 is 0 Å². The van der Waals surface area contributed by atoms with E-state index in [1.54, 1.807) is 0 Å². The lowest BCUT2D eigenvalue weighted by Crippen LogP contribution is -2.60. The van der Waals surface area contributed by atoms with E-state index in [0.29, 0.717) is 6.42 Å². The average molecular weight is 360 g/mol. The summed E-state index contributed by atoms with van der Waals surface area (Å²) in [4.78, 5) is 11.6. The number of cyclic esters (lactones) is 1. The van der Waals surface area contributed by atoms with Crippen LogP contribution in [-0.4, -0.2) is 81.7 Å². The van der Waals surface area contributed by atoms with Gasteiger partial charge in [-0.1, -0.05) is 12.7 Å². The quantitative estimate of drug-likeness (QED) is 0.158. The van der Waals surface area contributed by atoms with Gasteiger partial charge in [0.2, 0.25) is 0 Å². The molecule has 0 aromatic carbocycles. The van der Waals surface area contributed by atoms with Crippen molar-refractivity contribution in [3.63, 3.8) is 0 Å². The highest BCUT2D eigenvalue weighted by atomic mass is 16.7. The lowest BCUT2D eigenvalue weighted by atomic mass is 9.82. The Morgan fingerprint density at radius 2 is 1.96 bits per heavy atom. The molecule has 5 N–H and O–H groups in total. The fourth-order valence-electron chi connectivity index (χ4n) is 3.01. The highest BCUT2D eigenvalue weighted by Crippen LogP contribution is 2.33. The summed E-state index contributed by atoms with van der Waals surface area (Å²) in [5, 5.41) is 49.0. The van der Waals surface area contributed by atoms with Crippen molar-refractivity contribution in [3.05, 3.63) is 24.8 Å². The summed E-state index contributed by atoms with van der Waals surface area (Å²) in [6.45, 7) is 6.83. The van der Waals surface area contributed by atoms with Gasteiger partial charge in [-0.3, -0.25) is 0 Å². The molecule has 2 saturated heterocycles. The molecule has 0 saturated carbocycles. The molecule has 2 heterocycles. The third-order valence-electron chi connectivity index (χ3n) is 4.56. The standard InChI is InChI=1S/C16H24O9/c1-3-8(9-4-5-23-14(21)7(9)2)15(22)25-16-13(20)12(19)11(18)10(6-17)24-16/h3,8-13,15-20,22H,1-2,4-6H2/t8-,9+,10-,11-,12+,13-,15+,16-/m1/s1. The second kappa shape index (κ2) is 8.37. The molecule has 0 aromatic heterocycles. The van der Waals surface area contributed by atoms with Crippen molar-refractivity contribution >= 4 is 5.97 Å². The monoisotopic (exact) mass is 360 g/mol. The van der Waals surface area contributed by atoms with E-state index in [9.17, 15) is 25.2 Å². The van der Waals surface area contributed by atoms with Crippen LogP contribution in [0.4, 0.5) is 0 Å². The summed E-state index contributed by atoms with van der Waals surface area (Å²) in [5.74, 6) is -1.78. The molecule has 0 aliphatic carbocycles. The van der Waals surface area contributed by atoms with Crippen LogP contribution in [-0.2, 0) is 19.0 Å². The van der Waals surface area contributed by atoms with Crippen LogP contribution in [0.15, 0.2) is 24.8 Å². The normalized spacial score (nSPS) is 38.8. The van der Waals surface area contributed by atoms with E-state index in [1.807, 2.05) is 0 Å². The lowest BCUT2D eigenvalue weighted by molar-refractivity contribution is -0.337. The maximum atomic E-state index is 11.6. The highest BCUT2D eigenvalue weighted by Gasteiger charge is 2.46. The number of carbonyl (C=O) groups is 1. The van der Waals surface area contributed by atoms with Gasteiger partial charge in [-0.05, 0) is 6.42 Å². The molecule has 0 unspecified atom stereocenters. The van der Waals surface area contributed by atoms with Crippen LogP contribution in [0.1, 0.15) is 6.42 Å². The van der Waals surface area contributed by atoms with Crippen LogP contribution < -0.4 is 0 Å². The Balaban J connectivity index is 2.08. The van der Waals surface area contributed by atoms with Crippen molar-refractivity contribution in [3.8, 4) is 0 Å². The van der Waals surface area contributed by atoms with Crippen molar-refractivity contribution < 1.29 is 44.5 Å². The minimum atomic E-state index is -1.64. The third kappa shape index (κ3) is 4.09. The maximum absolute atomic E-state index is 11.6. The molecule has 0 amide bonds. The van der Waals surface area contributed by atoms with E-state index in [1.165, 1.54) is 6.08 Å². The predicted octanol–water partition coefficient (Wildman–Crippen LogP) is -1.96. The van der Waals surface area contributed by atoms with Crippen LogP contribution in [0.25, 0.3) is 0 Å². The van der Waals surface area contributed by atoms with Crippen molar-refractivity contribution in [2.24, 2.45) is 11.8 Å². The fraction of sp³-hybridized carbons (Fsp3) is 0.688. The molecule has 0 aromatic rings. The van der Waals surface area contributed by atoms with Gasteiger partial charge in [0, 0.05) is 17.4 Å². The molecule has 2 aliphatic heterocycles. The first kappa shape index (κ1) is 20.0. The molecule has 0 spiro atoms. The van der Waals surface area contributed by atoms with Crippen LogP contribution in [0.2, 0.25) is 0 Å². The van der Waals surface area contributed by atoms with Crippen molar-refractivity contribution in [1.29, 1.82) is 0 Å². The molecular formula is C16H24O9. The van der Waals surface area contributed by atoms with Crippen LogP contribution in [0, 0.1) is 11.8 Å². The van der Waals surface area contributed by atoms with E-state index < -0.39 is 61.4 Å². The molecule has 25 heavy (non-hydrogen) atoms. The third-order valence-corrected chi connectivity index (χ3v) is 4.56. The van der Waals surface area contributed by atoms with Gasteiger partial charge in [0.25, 0.3) is 0 Å². The smallest absolute Gasteiger partial charge is 0.333 e. The zero-order chi connectivity index (χ0) is 18.7. The predicted molar refractivity (Wildman–Crippen MR) is 82.8 cm³/mol. The SMILES string of the molecule is C=C[C@@H]([C@@H](O)O[C@H]1O[C@H](CO)[C@@H](O)[C@H](O)[C@H]1O)[C@H]1CCOC(=O)C1=C. The Kier molecular flexibility index (Phi) is 6.69. The summed E-state index contributed by atoms with van der Waals surface area (Å²) in [7, 11) is 0.